The molecular weight excluding hydrogens is 273 g/mol. The lowest BCUT2D eigenvalue weighted by atomic mass is 10.1. The lowest BCUT2D eigenvalue weighted by Crippen LogP contribution is -2.17. The molecule has 0 aliphatic rings. The van der Waals surface area contributed by atoms with Crippen LogP contribution in [0.2, 0.25) is 0 Å². The second-order valence-electron chi connectivity index (χ2n) is 4.34. The zero-order chi connectivity index (χ0) is 15.2. The molecule has 4 N–H and O–H groups in total. The van der Waals surface area contributed by atoms with Gasteiger partial charge in [-0.2, -0.15) is 0 Å². The maximum atomic E-state index is 13.7. The van der Waals surface area contributed by atoms with Crippen molar-refractivity contribution in [3.63, 3.8) is 0 Å². The Labute approximate surface area is 121 Å². The number of methoxy groups -OCH3 is 1. The predicted molar refractivity (Wildman–Crippen MR) is 79.2 cm³/mol. The summed E-state index contributed by atoms with van der Waals surface area (Å²) in [5.41, 5.74) is 7.32. The lowest BCUT2D eigenvalue weighted by Gasteiger charge is -2.12. The van der Waals surface area contributed by atoms with E-state index in [1.54, 1.807) is 24.3 Å². The Balaban J connectivity index is 2.21. The molecule has 0 unspecified atom stereocenters. The molecule has 0 atom stereocenters. The Morgan fingerprint density at radius 2 is 2.10 bits per heavy atom. The summed E-state index contributed by atoms with van der Waals surface area (Å²) in [6.45, 7) is 0.330. The molecule has 110 valence electrons. The maximum absolute atomic E-state index is 13.7. The number of halogens is 1. The monoisotopic (exact) mass is 289 g/mol. The van der Waals surface area contributed by atoms with E-state index in [-0.39, 0.29) is 11.7 Å². The quantitative estimate of drug-likeness (QED) is 0.342. The molecule has 2 aromatic rings. The Morgan fingerprint density at radius 1 is 1.33 bits per heavy atom. The van der Waals surface area contributed by atoms with E-state index in [1.807, 2.05) is 12.1 Å². The Bertz CT molecular complexity index is 659. The van der Waals surface area contributed by atoms with Gasteiger partial charge < -0.3 is 21.0 Å². The minimum Gasteiger partial charge on any atom is -0.497 e. The number of rotatable bonds is 5. The molecule has 0 fully saturated rings. The van der Waals surface area contributed by atoms with Crippen molar-refractivity contribution < 1.29 is 14.3 Å². The van der Waals surface area contributed by atoms with Crippen LogP contribution in [-0.4, -0.2) is 18.2 Å². The third-order valence-electron chi connectivity index (χ3n) is 3.04. The second-order valence-corrected chi connectivity index (χ2v) is 4.34. The maximum Gasteiger partial charge on any atom is 0.170 e. The van der Waals surface area contributed by atoms with Gasteiger partial charge >= 0.3 is 0 Å². The topological polar surface area (TPSA) is 79.9 Å². The van der Waals surface area contributed by atoms with E-state index >= 15 is 0 Å². The molecule has 2 aromatic carbocycles. The highest BCUT2D eigenvalue weighted by Crippen LogP contribution is 2.22. The molecule has 0 heterocycles. The molecule has 0 radical (unpaired) electrons. The van der Waals surface area contributed by atoms with Crippen molar-refractivity contribution in [2.45, 2.75) is 6.54 Å². The molecule has 0 amide bonds. The number of nitrogens with two attached hydrogens (primary N) is 1. The fraction of sp³-hybridized carbons (Fsp3) is 0.133. The van der Waals surface area contributed by atoms with Crippen LogP contribution in [0.4, 0.5) is 10.1 Å². The van der Waals surface area contributed by atoms with E-state index < -0.39 is 0 Å². The molecular formula is C15H16FN3O2. The molecule has 0 spiro atoms. The van der Waals surface area contributed by atoms with Gasteiger partial charge in [0.05, 0.1) is 12.8 Å². The van der Waals surface area contributed by atoms with Gasteiger partial charge in [0.2, 0.25) is 0 Å². The number of benzene rings is 2. The van der Waals surface area contributed by atoms with E-state index in [0.29, 0.717) is 23.5 Å². The highest BCUT2D eigenvalue weighted by molar-refractivity contribution is 5.98. The van der Waals surface area contributed by atoms with Crippen LogP contribution in [0.25, 0.3) is 0 Å². The Hall–Kier alpha value is -2.76. The second kappa shape index (κ2) is 6.60. The normalized spacial score (nSPS) is 11.2. The first-order chi connectivity index (χ1) is 10.2. The molecule has 2 rings (SSSR count). The highest BCUT2D eigenvalue weighted by atomic mass is 19.1. The van der Waals surface area contributed by atoms with Crippen LogP contribution in [0.1, 0.15) is 11.1 Å². The van der Waals surface area contributed by atoms with Crippen LogP contribution >= 0.6 is 0 Å². The first kappa shape index (κ1) is 14.6. The molecule has 0 saturated carbocycles. The van der Waals surface area contributed by atoms with Crippen LogP contribution in [-0.2, 0) is 6.54 Å². The number of amidine groups is 1. The summed E-state index contributed by atoms with van der Waals surface area (Å²) in [5, 5.41) is 14.7. The standard InChI is InChI=1S/C15H16FN3O2/c1-21-11-6-7-13(16)14(8-11)18-9-10-4-2-3-5-12(10)15(17)19-20/h2-8,18,20H,9H2,1H3,(H2,17,19). The summed E-state index contributed by atoms with van der Waals surface area (Å²) in [7, 11) is 1.52. The van der Waals surface area contributed by atoms with Gasteiger partial charge in [0.1, 0.15) is 11.6 Å². The number of hydrogen-bond acceptors (Lipinski definition) is 4. The summed E-state index contributed by atoms with van der Waals surface area (Å²) >= 11 is 0. The number of oxime groups is 1. The number of nitrogens with one attached hydrogen (secondary N) is 1. The van der Waals surface area contributed by atoms with Gasteiger partial charge in [0, 0.05) is 18.2 Å². The summed E-state index contributed by atoms with van der Waals surface area (Å²) in [4.78, 5) is 0. The van der Waals surface area contributed by atoms with E-state index in [9.17, 15) is 4.39 Å². The van der Waals surface area contributed by atoms with Gasteiger partial charge in [-0.15, -0.1) is 0 Å². The van der Waals surface area contributed by atoms with Gasteiger partial charge in [-0.1, -0.05) is 29.4 Å². The highest BCUT2D eigenvalue weighted by Gasteiger charge is 2.08. The smallest absolute Gasteiger partial charge is 0.170 e. The number of ether oxygens (including phenoxy) is 1. The third-order valence-corrected chi connectivity index (χ3v) is 3.04. The molecule has 0 bridgehead atoms. The van der Waals surface area contributed by atoms with E-state index in [1.165, 1.54) is 13.2 Å². The van der Waals surface area contributed by atoms with Gasteiger partial charge in [-0.3, -0.25) is 0 Å². The molecule has 0 aliphatic carbocycles. The summed E-state index contributed by atoms with van der Waals surface area (Å²) in [5.74, 6) is 0.194. The summed E-state index contributed by atoms with van der Waals surface area (Å²) in [6, 6.07) is 11.6. The van der Waals surface area contributed by atoms with E-state index in [0.717, 1.165) is 5.56 Å². The number of nitrogens with zero attached hydrogens (tertiary/aromatic N) is 1. The number of anilines is 1. The molecule has 0 aliphatic heterocycles. The first-order valence-corrected chi connectivity index (χ1v) is 6.29. The zero-order valence-corrected chi connectivity index (χ0v) is 11.5. The first-order valence-electron chi connectivity index (χ1n) is 6.29. The molecule has 21 heavy (non-hydrogen) atoms. The van der Waals surface area contributed by atoms with Crippen molar-refractivity contribution in [2.24, 2.45) is 10.9 Å². The fourth-order valence-electron chi connectivity index (χ4n) is 1.94. The lowest BCUT2D eigenvalue weighted by molar-refractivity contribution is 0.318. The predicted octanol–water partition coefficient (Wildman–Crippen LogP) is 2.54. The van der Waals surface area contributed by atoms with Crippen molar-refractivity contribution in [2.75, 3.05) is 12.4 Å². The number of hydrogen-bond donors (Lipinski definition) is 3. The van der Waals surface area contributed by atoms with Crippen molar-refractivity contribution >= 4 is 11.5 Å². The largest absolute Gasteiger partial charge is 0.497 e. The molecule has 0 saturated heterocycles. The van der Waals surface area contributed by atoms with Crippen molar-refractivity contribution in [1.29, 1.82) is 0 Å². The minimum absolute atomic E-state index is 0.0125. The van der Waals surface area contributed by atoms with Crippen LogP contribution < -0.4 is 15.8 Å². The average molecular weight is 289 g/mol. The summed E-state index contributed by atoms with van der Waals surface area (Å²) < 4.78 is 18.8. The van der Waals surface area contributed by atoms with Gasteiger partial charge in [-0.05, 0) is 17.7 Å². The molecule has 6 heteroatoms. The third kappa shape index (κ3) is 3.42. The van der Waals surface area contributed by atoms with Crippen LogP contribution in [0.15, 0.2) is 47.6 Å². The van der Waals surface area contributed by atoms with Crippen LogP contribution in [0.5, 0.6) is 5.75 Å². The zero-order valence-electron chi connectivity index (χ0n) is 11.5. The summed E-state index contributed by atoms with van der Waals surface area (Å²) in [6.07, 6.45) is 0. The molecule has 0 aromatic heterocycles. The van der Waals surface area contributed by atoms with E-state index in [2.05, 4.69) is 10.5 Å². The average Bonchev–Trinajstić information content (AvgIpc) is 2.53. The molecule has 5 nitrogen and oxygen atoms in total. The van der Waals surface area contributed by atoms with Gasteiger partial charge in [0.25, 0.3) is 0 Å². The van der Waals surface area contributed by atoms with Crippen molar-refractivity contribution in [1.82, 2.24) is 0 Å². The fourth-order valence-corrected chi connectivity index (χ4v) is 1.94. The van der Waals surface area contributed by atoms with E-state index in [4.69, 9.17) is 15.7 Å². The Morgan fingerprint density at radius 3 is 2.81 bits per heavy atom. The van der Waals surface area contributed by atoms with Crippen LogP contribution in [0.3, 0.4) is 0 Å². The van der Waals surface area contributed by atoms with Gasteiger partial charge in [-0.25, -0.2) is 4.39 Å². The van der Waals surface area contributed by atoms with Crippen LogP contribution in [0, 0.1) is 5.82 Å². The Kier molecular flexibility index (Phi) is 4.61. The van der Waals surface area contributed by atoms with Crippen molar-refractivity contribution in [3.05, 3.63) is 59.4 Å². The van der Waals surface area contributed by atoms with Crippen molar-refractivity contribution in [3.8, 4) is 5.75 Å². The SMILES string of the molecule is COc1ccc(F)c(NCc2ccccc2/C(N)=N/O)c1. The van der Waals surface area contributed by atoms with Gasteiger partial charge in [0.15, 0.2) is 5.84 Å². The minimum atomic E-state index is -0.378.